The number of rotatable bonds is 4. The Kier molecular flexibility index (Phi) is 15.2. The predicted molar refractivity (Wildman–Crippen MR) is 43.6 cm³/mol. The normalized spacial score (nSPS) is 8.90. The average Bonchev–Trinajstić information content (AvgIpc) is 1.93. The zero-order valence-corrected chi connectivity index (χ0v) is 8.14. The molecule has 0 heterocycles. The lowest BCUT2D eigenvalue weighted by atomic mass is 10.9. The van der Waals surface area contributed by atoms with E-state index in [0.29, 0.717) is 13.2 Å². The van der Waals surface area contributed by atoms with Crippen molar-refractivity contribution in [3.63, 3.8) is 0 Å². The van der Waals surface area contributed by atoms with Crippen molar-refractivity contribution in [1.82, 2.24) is 0 Å². The molecule has 4 heteroatoms. The van der Waals surface area contributed by atoms with Crippen LogP contribution in [0.5, 0.6) is 0 Å². The van der Waals surface area contributed by atoms with Crippen LogP contribution in [0.3, 0.4) is 0 Å². The highest BCUT2D eigenvalue weighted by molar-refractivity contribution is 7.33. The monoisotopic (exact) mass is 168 g/mol. The Morgan fingerprint density at radius 3 is 1.60 bits per heavy atom. The summed E-state index contributed by atoms with van der Waals surface area (Å²) in [6, 6.07) is 0. The van der Waals surface area contributed by atoms with Crippen molar-refractivity contribution in [2.45, 2.75) is 27.7 Å². The van der Waals surface area contributed by atoms with E-state index in [1.54, 1.807) is 13.8 Å². The second-order valence-electron chi connectivity index (χ2n) is 1.12. The summed E-state index contributed by atoms with van der Waals surface area (Å²) in [7, 11) is -2.14. The molecule has 0 spiro atoms. The highest BCUT2D eigenvalue weighted by atomic mass is 31.1. The molecule has 0 aromatic heterocycles. The molecule has 0 aliphatic carbocycles. The fraction of sp³-hybridized carbons (Fsp3) is 1.00. The Balaban J connectivity index is 0. The van der Waals surface area contributed by atoms with Crippen LogP contribution in [0.4, 0.5) is 0 Å². The Morgan fingerprint density at radius 2 is 1.40 bits per heavy atom. The SMILES string of the molecule is CC.CCO[PH](=O)OCC. The minimum absolute atomic E-state index is 0.456. The fourth-order valence-electron chi connectivity index (χ4n) is 0.277. The molecular formula is C6H17O3P. The molecule has 0 bridgehead atoms. The summed E-state index contributed by atoms with van der Waals surface area (Å²) >= 11 is 0. The summed E-state index contributed by atoms with van der Waals surface area (Å²) < 4.78 is 19.6. The first-order valence-electron chi connectivity index (χ1n) is 3.60. The van der Waals surface area contributed by atoms with Crippen LogP contribution in [0.25, 0.3) is 0 Å². The van der Waals surface area contributed by atoms with Crippen molar-refractivity contribution >= 4 is 8.25 Å². The lowest BCUT2D eigenvalue weighted by Crippen LogP contribution is -1.81. The first-order valence-corrected chi connectivity index (χ1v) is 4.83. The van der Waals surface area contributed by atoms with E-state index in [4.69, 9.17) is 0 Å². The Bertz CT molecular complexity index is 67.4. The van der Waals surface area contributed by atoms with E-state index in [1.807, 2.05) is 13.8 Å². The van der Waals surface area contributed by atoms with E-state index in [1.165, 1.54) is 0 Å². The van der Waals surface area contributed by atoms with Crippen LogP contribution in [-0.4, -0.2) is 13.2 Å². The highest BCUT2D eigenvalue weighted by Crippen LogP contribution is 2.21. The molecule has 0 aliphatic heterocycles. The van der Waals surface area contributed by atoms with Crippen molar-refractivity contribution in [3.8, 4) is 0 Å². The lowest BCUT2D eigenvalue weighted by Gasteiger charge is -1.97. The molecule has 0 N–H and O–H groups in total. The molecule has 0 saturated heterocycles. The molecule has 0 radical (unpaired) electrons. The van der Waals surface area contributed by atoms with Crippen LogP contribution >= 0.6 is 8.25 Å². The third-order valence-corrected chi connectivity index (χ3v) is 1.57. The predicted octanol–water partition coefficient (Wildman–Crippen LogP) is 2.48. The Hall–Kier alpha value is 0.150. The van der Waals surface area contributed by atoms with Gasteiger partial charge in [-0.2, -0.15) is 0 Å². The standard InChI is InChI=1S/C4H11O3P.C2H6/c1-3-6-8(5)7-4-2;1-2/h8H,3-4H2,1-2H3;1-2H3. The van der Waals surface area contributed by atoms with E-state index >= 15 is 0 Å². The van der Waals surface area contributed by atoms with Gasteiger partial charge in [0.15, 0.2) is 0 Å². The zero-order chi connectivity index (χ0) is 8.41. The average molecular weight is 168 g/mol. The molecule has 0 rings (SSSR count). The smallest absolute Gasteiger partial charge is 0.311 e. The Labute approximate surface area is 63.7 Å². The second-order valence-corrected chi connectivity index (χ2v) is 2.19. The topological polar surface area (TPSA) is 35.5 Å². The molecule has 0 unspecified atom stereocenters. The molecule has 0 aromatic carbocycles. The molecular weight excluding hydrogens is 151 g/mol. The van der Waals surface area contributed by atoms with E-state index in [0.717, 1.165) is 0 Å². The van der Waals surface area contributed by atoms with Crippen LogP contribution in [0, 0.1) is 0 Å². The molecule has 0 atom stereocenters. The van der Waals surface area contributed by atoms with Gasteiger partial charge in [-0.05, 0) is 13.8 Å². The van der Waals surface area contributed by atoms with Crippen molar-refractivity contribution in [2.24, 2.45) is 0 Å². The first-order chi connectivity index (χ1) is 4.81. The number of hydrogen-bond acceptors (Lipinski definition) is 3. The van der Waals surface area contributed by atoms with Crippen molar-refractivity contribution in [3.05, 3.63) is 0 Å². The van der Waals surface area contributed by atoms with Gasteiger partial charge in [-0.1, -0.05) is 13.8 Å². The van der Waals surface area contributed by atoms with Gasteiger partial charge < -0.3 is 9.05 Å². The van der Waals surface area contributed by atoms with Crippen LogP contribution in [0.2, 0.25) is 0 Å². The van der Waals surface area contributed by atoms with Crippen LogP contribution in [0.15, 0.2) is 0 Å². The summed E-state index contributed by atoms with van der Waals surface area (Å²) in [5.74, 6) is 0. The van der Waals surface area contributed by atoms with Gasteiger partial charge in [-0.25, -0.2) is 0 Å². The van der Waals surface area contributed by atoms with E-state index in [-0.39, 0.29) is 0 Å². The van der Waals surface area contributed by atoms with Gasteiger partial charge in [0.1, 0.15) is 0 Å². The second kappa shape index (κ2) is 11.9. The summed E-state index contributed by atoms with van der Waals surface area (Å²) in [6.45, 7) is 8.47. The molecule has 3 nitrogen and oxygen atoms in total. The first kappa shape index (κ1) is 12.8. The molecule has 0 saturated carbocycles. The molecule has 64 valence electrons. The van der Waals surface area contributed by atoms with Crippen LogP contribution < -0.4 is 0 Å². The van der Waals surface area contributed by atoms with Crippen molar-refractivity contribution in [1.29, 1.82) is 0 Å². The summed E-state index contributed by atoms with van der Waals surface area (Å²) in [5, 5.41) is 0. The molecule has 0 fully saturated rings. The van der Waals surface area contributed by atoms with Crippen molar-refractivity contribution < 1.29 is 13.6 Å². The maximum absolute atomic E-state index is 10.4. The molecule has 0 aromatic rings. The summed E-state index contributed by atoms with van der Waals surface area (Å²) in [6.07, 6.45) is 0. The van der Waals surface area contributed by atoms with Crippen molar-refractivity contribution in [2.75, 3.05) is 13.2 Å². The quantitative estimate of drug-likeness (QED) is 0.605. The van der Waals surface area contributed by atoms with E-state index in [9.17, 15) is 4.57 Å². The van der Waals surface area contributed by atoms with Gasteiger partial charge in [-0.15, -0.1) is 0 Å². The summed E-state index contributed by atoms with van der Waals surface area (Å²) in [5.41, 5.74) is 0. The molecule has 0 amide bonds. The largest absolute Gasteiger partial charge is 0.319 e. The zero-order valence-electron chi connectivity index (χ0n) is 7.14. The van der Waals surface area contributed by atoms with Gasteiger partial charge in [-0.3, -0.25) is 4.57 Å². The van der Waals surface area contributed by atoms with Crippen LogP contribution in [0.1, 0.15) is 27.7 Å². The summed E-state index contributed by atoms with van der Waals surface area (Å²) in [4.78, 5) is 0. The van der Waals surface area contributed by atoms with E-state index < -0.39 is 8.25 Å². The van der Waals surface area contributed by atoms with Gasteiger partial charge in [0.2, 0.25) is 0 Å². The van der Waals surface area contributed by atoms with Gasteiger partial charge in [0.05, 0.1) is 13.2 Å². The lowest BCUT2D eigenvalue weighted by molar-refractivity contribution is 0.243. The van der Waals surface area contributed by atoms with E-state index in [2.05, 4.69) is 9.05 Å². The minimum atomic E-state index is -2.14. The molecule has 10 heavy (non-hydrogen) atoms. The third-order valence-electron chi connectivity index (χ3n) is 0.524. The van der Waals surface area contributed by atoms with Gasteiger partial charge >= 0.3 is 8.25 Å². The minimum Gasteiger partial charge on any atom is -0.311 e. The van der Waals surface area contributed by atoms with Gasteiger partial charge in [0, 0.05) is 0 Å². The number of hydrogen-bond donors (Lipinski definition) is 0. The molecule has 0 aliphatic rings. The fourth-order valence-corrected chi connectivity index (χ4v) is 0.832. The highest BCUT2D eigenvalue weighted by Gasteiger charge is 1.91. The third kappa shape index (κ3) is 11.0. The maximum atomic E-state index is 10.4. The van der Waals surface area contributed by atoms with Crippen LogP contribution in [-0.2, 0) is 13.6 Å². The van der Waals surface area contributed by atoms with Gasteiger partial charge in [0.25, 0.3) is 0 Å². The maximum Gasteiger partial charge on any atom is 0.319 e. The Morgan fingerprint density at radius 1 is 1.10 bits per heavy atom.